The van der Waals surface area contributed by atoms with Gasteiger partial charge < -0.3 is 30.5 Å². The summed E-state index contributed by atoms with van der Waals surface area (Å²) in [7, 11) is 0. The number of anilines is 1. The van der Waals surface area contributed by atoms with Crippen molar-refractivity contribution in [2.45, 2.75) is 71.8 Å². The van der Waals surface area contributed by atoms with Crippen molar-refractivity contribution >= 4 is 30.1 Å². The fraction of sp³-hybridized carbons (Fsp3) is 0.650. The normalized spacial score (nSPS) is 14.5. The highest BCUT2D eigenvalue weighted by molar-refractivity contribution is 5.99. The lowest BCUT2D eigenvalue weighted by atomic mass is 10.1. The predicted octanol–water partition coefficient (Wildman–Crippen LogP) is 2.41. The van der Waals surface area contributed by atoms with Crippen molar-refractivity contribution in [1.29, 1.82) is 0 Å². The van der Waals surface area contributed by atoms with E-state index in [9.17, 15) is 14.4 Å². The predicted molar refractivity (Wildman–Crippen MR) is 120 cm³/mol. The number of carbonyl (C=O) groups excluding carboxylic acids is 2. The van der Waals surface area contributed by atoms with Crippen LogP contribution in [0.15, 0.2) is 11.2 Å². The van der Waals surface area contributed by atoms with Crippen LogP contribution in [0.4, 0.5) is 20.2 Å². The molecule has 0 aliphatic carbocycles. The maximum absolute atomic E-state index is 12.4. The molecule has 2 heterocycles. The van der Waals surface area contributed by atoms with E-state index in [1.165, 1.54) is 0 Å². The van der Waals surface area contributed by atoms with E-state index in [4.69, 9.17) is 14.6 Å². The van der Waals surface area contributed by atoms with Crippen molar-refractivity contribution < 1.29 is 29.0 Å². The Kier molecular flexibility index (Phi) is 8.12. The maximum atomic E-state index is 12.4. The minimum atomic E-state index is -1.17. The molecule has 33 heavy (non-hydrogen) atoms. The summed E-state index contributed by atoms with van der Waals surface area (Å²) in [6, 6.07) is -0.553. The van der Waals surface area contributed by atoms with Crippen LogP contribution in [0.1, 0.15) is 59.6 Å². The number of guanidine groups is 1. The molecule has 0 spiro atoms. The largest absolute Gasteiger partial charge is 0.465 e. The van der Waals surface area contributed by atoms with Gasteiger partial charge in [0.25, 0.3) is 0 Å². The SMILES string of the molecule is CC(C)(C)OC(=O)N=C(NC(=O)OC(C)(C)C)NC(CCNC(=O)O)c1cnn2c1NCC2. The van der Waals surface area contributed by atoms with Crippen molar-refractivity contribution in [3.63, 3.8) is 0 Å². The molecule has 0 radical (unpaired) electrons. The Morgan fingerprint density at radius 1 is 1.21 bits per heavy atom. The fourth-order valence-electron chi connectivity index (χ4n) is 2.96. The summed E-state index contributed by atoms with van der Waals surface area (Å²) < 4.78 is 12.3. The number of aliphatic imine (C=N–C) groups is 1. The van der Waals surface area contributed by atoms with E-state index >= 15 is 0 Å². The smallest absolute Gasteiger partial charge is 0.437 e. The summed E-state index contributed by atoms with van der Waals surface area (Å²) >= 11 is 0. The molecule has 0 saturated carbocycles. The molecule has 13 nitrogen and oxygen atoms in total. The Morgan fingerprint density at radius 2 is 1.88 bits per heavy atom. The topological polar surface area (TPSA) is 168 Å². The van der Waals surface area contributed by atoms with Crippen LogP contribution in [-0.2, 0) is 16.0 Å². The van der Waals surface area contributed by atoms with E-state index in [-0.39, 0.29) is 18.9 Å². The number of aromatic nitrogens is 2. The van der Waals surface area contributed by atoms with Gasteiger partial charge in [-0.1, -0.05) is 0 Å². The van der Waals surface area contributed by atoms with Gasteiger partial charge in [-0.2, -0.15) is 5.10 Å². The summed E-state index contributed by atoms with van der Waals surface area (Å²) in [5.74, 6) is 0.563. The number of carbonyl (C=O) groups is 3. The van der Waals surface area contributed by atoms with Crippen molar-refractivity contribution in [2.75, 3.05) is 18.4 Å². The molecule has 0 aromatic carbocycles. The number of alkyl carbamates (subject to hydrolysis) is 1. The molecule has 1 unspecified atom stereocenters. The zero-order valence-corrected chi connectivity index (χ0v) is 19.8. The summed E-state index contributed by atoms with van der Waals surface area (Å²) in [4.78, 5) is 39.5. The van der Waals surface area contributed by atoms with Gasteiger partial charge in [0.1, 0.15) is 17.0 Å². The van der Waals surface area contributed by atoms with Crippen LogP contribution in [0.2, 0.25) is 0 Å². The molecule has 2 rings (SSSR count). The molecule has 1 aliphatic rings. The number of hydrogen-bond donors (Lipinski definition) is 5. The molecular weight excluding hydrogens is 434 g/mol. The van der Waals surface area contributed by atoms with E-state index in [1.807, 2.05) is 0 Å². The van der Waals surface area contributed by atoms with Gasteiger partial charge in [-0.3, -0.25) is 5.32 Å². The van der Waals surface area contributed by atoms with Gasteiger partial charge >= 0.3 is 18.3 Å². The number of rotatable bonds is 5. The quantitative estimate of drug-likeness (QED) is 0.322. The number of carboxylic acid groups (broad SMARTS) is 1. The third-order valence-corrected chi connectivity index (χ3v) is 4.10. The molecular formula is C20H33N7O6. The van der Waals surface area contributed by atoms with Crippen LogP contribution >= 0.6 is 0 Å². The molecule has 1 atom stereocenters. The molecule has 0 fully saturated rings. The Bertz CT molecular complexity index is 898. The minimum absolute atomic E-state index is 0.101. The van der Waals surface area contributed by atoms with Crippen LogP contribution in [-0.4, -0.2) is 63.4 Å². The summed E-state index contributed by atoms with van der Waals surface area (Å²) in [6.45, 7) is 11.7. The summed E-state index contributed by atoms with van der Waals surface area (Å²) in [5, 5.41) is 24.2. The number of nitrogens with zero attached hydrogens (tertiary/aromatic N) is 3. The third-order valence-electron chi connectivity index (χ3n) is 4.10. The zero-order valence-electron chi connectivity index (χ0n) is 19.8. The Labute approximate surface area is 192 Å². The van der Waals surface area contributed by atoms with Crippen LogP contribution in [0.5, 0.6) is 0 Å². The minimum Gasteiger partial charge on any atom is -0.465 e. The molecule has 3 amide bonds. The van der Waals surface area contributed by atoms with E-state index in [1.54, 1.807) is 52.4 Å². The zero-order chi connectivity index (χ0) is 24.8. The van der Waals surface area contributed by atoms with E-state index in [0.717, 1.165) is 11.4 Å². The second kappa shape index (κ2) is 10.4. The van der Waals surface area contributed by atoms with E-state index in [0.29, 0.717) is 13.1 Å². The third kappa shape index (κ3) is 8.86. The van der Waals surface area contributed by atoms with Crippen LogP contribution in [0, 0.1) is 0 Å². The fourth-order valence-corrected chi connectivity index (χ4v) is 2.96. The molecule has 1 aliphatic heterocycles. The second-order valence-electron chi connectivity index (χ2n) is 9.38. The highest BCUT2D eigenvalue weighted by Gasteiger charge is 2.26. The molecule has 0 saturated heterocycles. The number of ether oxygens (including phenoxy) is 2. The van der Waals surface area contributed by atoms with E-state index in [2.05, 4.69) is 31.4 Å². The van der Waals surface area contributed by atoms with Crippen molar-refractivity contribution in [1.82, 2.24) is 25.7 Å². The molecule has 13 heteroatoms. The van der Waals surface area contributed by atoms with Gasteiger partial charge in [0.15, 0.2) is 0 Å². The first-order valence-corrected chi connectivity index (χ1v) is 10.6. The lowest BCUT2D eigenvalue weighted by Gasteiger charge is -2.24. The lowest BCUT2D eigenvalue weighted by molar-refractivity contribution is 0.0560. The average Bonchev–Trinajstić information content (AvgIpc) is 3.20. The van der Waals surface area contributed by atoms with Gasteiger partial charge in [0.2, 0.25) is 5.96 Å². The molecule has 184 valence electrons. The first kappa shape index (κ1) is 25.7. The van der Waals surface area contributed by atoms with E-state index < -0.39 is 35.5 Å². The number of nitrogens with one attached hydrogen (secondary N) is 4. The molecule has 1 aromatic heterocycles. The summed E-state index contributed by atoms with van der Waals surface area (Å²) in [5.41, 5.74) is -0.843. The van der Waals surface area contributed by atoms with Gasteiger partial charge in [0.05, 0.1) is 18.8 Å². The maximum Gasteiger partial charge on any atom is 0.437 e. The monoisotopic (exact) mass is 467 g/mol. The Balaban J connectivity index is 2.30. The van der Waals surface area contributed by atoms with Gasteiger partial charge in [-0.05, 0) is 48.0 Å². The van der Waals surface area contributed by atoms with Crippen LogP contribution in [0.25, 0.3) is 0 Å². The van der Waals surface area contributed by atoms with Crippen molar-refractivity contribution in [3.05, 3.63) is 11.8 Å². The Morgan fingerprint density at radius 3 is 2.48 bits per heavy atom. The first-order valence-electron chi connectivity index (χ1n) is 10.6. The molecule has 1 aromatic rings. The highest BCUT2D eigenvalue weighted by atomic mass is 16.6. The van der Waals surface area contributed by atoms with Crippen molar-refractivity contribution in [3.8, 4) is 0 Å². The lowest BCUT2D eigenvalue weighted by Crippen LogP contribution is -2.46. The standard InChI is InChI=1S/C20H33N7O6/c1-19(2,3)32-17(30)25-15(26-18(31)33-20(4,5)6)24-13(7-8-22-16(28)29)12-11-23-27-10-9-21-14(12)27/h11,13,21-22H,7-10H2,1-6H3,(H,28,29)(H2,24,25,26,30,31). The molecule has 5 N–H and O–H groups in total. The highest BCUT2D eigenvalue weighted by Crippen LogP contribution is 2.27. The van der Waals surface area contributed by atoms with Crippen LogP contribution < -0.4 is 21.3 Å². The van der Waals surface area contributed by atoms with Gasteiger partial charge in [-0.25, -0.2) is 19.1 Å². The number of fused-ring (bicyclic) bond motifs is 1. The number of amides is 3. The van der Waals surface area contributed by atoms with Gasteiger partial charge in [0, 0.05) is 18.7 Å². The average molecular weight is 468 g/mol. The summed E-state index contributed by atoms with van der Waals surface area (Å²) in [6.07, 6.45) is -0.990. The van der Waals surface area contributed by atoms with Crippen LogP contribution in [0.3, 0.4) is 0 Å². The first-order chi connectivity index (χ1) is 15.2. The second-order valence-corrected chi connectivity index (χ2v) is 9.38. The number of hydrogen-bond acceptors (Lipinski definition) is 7. The Hall–Kier alpha value is -3.51. The van der Waals surface area contributed by atoms with Gasteiger partial charge in [-0.15, -0.1) is 4.99 Å². The molecule has 0 bridgehead atoms. The van der Waals surface area contributed by atoms with Crippen molar-refractivity contribution in [2.24, 2.45) is 4.99 Å².